The first-order chi connectivity index (χ1) is 13.6. The number of sulfone groups is 1. The summed E-state index contributed by atoms with van der Waals surface area (Å²) >= 11 is 12.7. The summed E-state index contributed by atoms with van der Waals surface area (Å²) < 4.78 is 52.1. The predicted octanol–water partition coefficient (Wildman–Crippen LogP) is 3.63. The molecule has 0 unspecified atom stereocenters. The highest BCUT2D eigenvalue weighted by atomic mass is 35.5. The number of anilines is 1. The number of fused-ring (bicyclic) bond motifs is 1. The Kier molecular flexibility index (Phi) is 4.85. The Balaban J connectivity index is 1.95. The normalized spacial score (nSPS) is 18.4. The van der Waals surface area contributed by atoms with Crippen LogP contribution in [0.5, 0.6) is 0 Å². The van der Waals surface area contributed by atoms with E-state index >= 15 is 0 Å². The number of rotatable bonds is 4. The van der Waals surface area contributed by atoms with Gasteiger partial charge in [0.05, 0.1) is 26.7 Å². The third-order valence-corrected chi connectivity index (χ3v) is 9.61. The Morgan fingerprint density at radius 3 is 2.55 bits per heavy atom. The van der Waals surface area contributed by atoms with Crippen molar-refractivity contribution >= 4 is 59.4 Å². The van der Waals surface area contributed by atoms with E-state index < -0.39 is 35.8 Å². The highest BCUT2D eigenvalue weighted by Crippen LogP contribution is 2.46. The average Bonchev–Trinajstić information content (AvgIpc) is 3.48. The van der Waals surface area contributed by atoms with Crippen LogP contribution in [0.25, 0.3) is 10.7 Å². The summed E-state index contributed by atoms with van der Waals surface area (Å²) in [5, 5.41) is 10.1. The molecule has 2 heterocycles. The van der Waals surface area contributed by atoms with Crippen molar-refractivity contribution in [1.82, 2.24) is 4.98 Å². The summed E-state index contributed by atoms with van der Waals surface area (Å²) in [7, 11) is -6.32. The SMILES string of the molecule is CN(c1c(Cl)ccc(C2=C(O)c3ncccc3CS2(=O)=O)c1Cl)S(=O)(=O)C1CC1. The zero-order chi connectivity index (χ0) is 21.1. The second-order valence-electron chi connectivity index (χ2n) is 6.92. The van der Waals surface area contributed by atoms with E-state index in [0.29, 0.717) is 18.4 Å². The third-order valence-electron chi connectivity index (χ3n) is 4.94. The molecule has 1 aromatic heterocycles. The molecule has 4 rings (SSSR count). The number of sulfonamides is 1. The quantitative estimate of drug-likeness (QED) is 0.724. The molecular formula is C18H16Cl2N2O5S2. The Morgan fingerprint density at radius 1 is 1.21 bits per heavy atom. The van der Waals surface area contributed by atoms with Gasteiger partial charge in [-0.25, -0.2) is 16.8 Å². The van der Waals surface area contributed by atoms with Gasteiger partial charge in [0.2, 0.25) is 10.0 Å². The topological polar surface area (TPSA) is 105 Å². The molecule has 1 aliphatic heterocycles. The van der Waals surface area contributed by atoms with Crippen molar-refractivity contribution < 1.29 is 21.9 Å². The molecule has 1 N–H and O–H groups in total. The van der Waals surface area contributed by atoms with Crippen molar-refractivity contribution in [2.45, 2.75) is 23.8 Å². The maximum Gasteiger partial charge on any atom is 0.237 e. The van der Waals surface area contributed by atoms with Crippen LogP contribution in [-0.4, -0.2) is 39.2 Å². The molecule has 1 aromatic carbocycles. The van der Waals surface area contributed by atoms with Crippen molar-refractivity contribution in [3.63, 3.8) is 0 Å². The van der Waals surface area contributed by atoms with E-state index in [1.165, 1.54) is 25.4 Å². The van der Waals surface area contributed by atoms with Gasteiger partial charge in [0.15, 0.2) is 15.6 Å². The minimum atomic E-state index is -3.96. The van der Waals surface area contributed by atoms with Crippen LogP contribution in [0, 0.1) is 0 Å². The fraction of sp³-hybridized carbons (Fsp3) is 0.278. The van der Waals surface area contributed by atoms with Crippen LogP contribution < -0.4 is 4.31 Å². The number of nitrogens with zero attached hydrogens (tertiary/aromatic N) is 2. The maximum atomic E-state index is 12.9. The number of hydrogen-bond acceptors (Lipinski definition) is 6. The lowest BCUT2D eigenvalue weighted by atomic mass is 10.1. The van der Waals surface area contributed by atoms with E-state index in [1.807, 2.05) is 0 Å². The molecule has 1 fully saturated rings. The molecule has 0 amide bonds. The van der Waals surface area contributed by atoms with Crippen molar-refractivity contribution in [1.29, 1.82) is 0 Å². The van der Waals surface area contributed by atoms with Gasteiger partial charge in [-0.15, -0.1) is 0 Å². The minimum absolute atomic E-state index is 0.0277. The highest BCUT2D eigenvalue weighted by Gasteiger charge is 2.41. The number of aromatic nitrogens is 1. The van der Waals surface area contributed by atoms with Gasteiger partial charge in [0, 0.05) is 18.8 Å². The van der Waals surface area contributed by atoms with Gasteiger partial charge < -0.3 is 5.11 Å². The minimum Gasteiger partial charge on any atom is -0.504 e. The Bertz CT molecular complexity index is 1270. The Hall–Kier alpha value is -1.81. The maximum absolute atomic E-state index is 12.9. The van der Waals surface area contributed by atoms with Crippen LogP contribution in [0.3, 0.4) is 0 Å². The molecule has 1 saturated carbocycles. The van der Waals surface area contributed by atoms with Crippen LogP contribution in [-0.2, 0) is 25.6 Å². The van der Waals surface area contributed by atoms with Crippen molar-refractivity contribution in [2.24, 2.45) is 0 Å². The average molecular weight is 475 g/mol. The molecule has 154 valence electrons. The van der Waals surface area contributed by atoms with Crippen LogP contribution in [0.1, 0.15) is 29.7 Å². The first-order valence-corrected chi connectivity index (χ1v) is 12.5. The molecule has 0 bridgehead atoms. The fourth-order valence-electron chi connectivity index (χ4n) is 3.32. The van der Waals surface area contributed by atoms with Crippen LogP contribution >= 0.6 is 23.2 Å². The van der Waals surface area contributed by atoms with E-state index in [4.69, 9.17) is 23.2 Å². The second-order valence-corrected chi connectivity index (χ2v) is 11.9. The second kappa shape index (κ2) is 6.87. The lowest BCUT2D eigenvalue weighted by Crippen LogP contribution is -2.30. The monoisotopic (exact) mass is 474 g/mol. The lowest BCUT2D eigenvalue weighted by Gasteiger charge is -2.25. The van der Waals surface area contributed by atoms with E-state index in [-0.39, 0.29) is 32.7 Å². The zero-order valence-electron chi connectivity index (χ0n) is 15.1. The molecule has 1 aliphatic carbocycles. The standard InChI is InChI=1S/C18H16Cl2N2O5S2/c1-22(29(26,27)11-4-5-11)16-13(19)7-6-12(14(16)20)18-17(23)15-10(3-2-8-21-15)9-28(18,24)25/h2-3,6-8,11,23H,4-5,9H2,1H3. The molecule has 29 heavy (non-hydrogen) atoms. The third kappa shape index (κ3) is 3.30. The van der Waals surface area contributed by atoms with Crippen molar-refractivity contribution in [3.8, 4) is 0 Å². The molecule has 2 aromatic rings. The summed E-state index contributed by atoms with van der Waals surface area (Å²) in [6, 6.07) is 5.86. The smallest absolute Gasteiger partial charge is 0.237 e. The van der Waals surface area contributed by atoms with Gasteiger partial charge in [-0.05, 0) is 30.5 Å². The summed E-state index contributed by atoms with van der Waals surface area (Å²) in [5.74, 6) is -0.894. The summed E-state index contributed by atoms with van der Waals surface area (Å²) in [6.07, 6.45) is 2.53. The van der Waals surface area contributed by atoms with Crippen LogP contribution in [0.4, 0.5) is 5.69 Å². The Labute approximate surface area is 178 Å². The molecule has 0 spiro atoms. The Morgan fingerprint density at radius 2 is 1.90 bits per heavy atom. The first-order valence-electron chi connectivity index (χ1n) is 8.62. The summed E-state index contributed by atoms with van der Waals surface area (Å²) in [5.41, 5.74) is 0.453. The van der Waals surface area contributed by atoms with Gasteiger partial charge in [-0.3, -0.25) is 9.29 Å². The largest absolute Gasteiger partial charge is 0.504 e. The van der Waals surface area contributed by atoms with E-state index in [9.17, 15) is 21.9 Å². The molecule has 11 heteroatoms. The van der Waals surface area contributed by atoms with Crippen molar-refractivity contribution in [3.05, 3.63) is 57.3 Å². The van der Waals surface area contributed by atoms with E-state index in [1.54, 1.807) is 12.1 Å². The summed E-state index contributed by atoms with van der Waals surface area (Å²) in [4.78, 5) is 3.67. The number of hydrogen-bond donors (Lipinski definition) is 1. The van der Waals surface area contributed by atoms with E-state index in [2.05, 4.69) is 4.98 Å². The van der Waals surface area contributed by atoms with Crippen LogP contribution in [0.15, 0.2) is 30.5 Å². The molecular weight excluding hydrogens is 459 g/mol. The molecule has 7 nitrogen and oxygen atoms in total. The first kappa shape index (κ1) is 20.5. The predicted molar refractivity (Wildman–Crippen MR) is 113 cm³/mol. The van der Waals surface area contributed by atoms with Gasteiger partial charge in [0.1, 0.15) is 10.6 Å². The number of aliphatic hydroxyl groups is 1. The number of pyridine rings is 1. The number of halogens is 2. The van der Waals surface area contributed by atoms with Gasteiger partial charge in [0.25, 0.3) is 0 Å². The van der Waals surface area contributed by atoms with E-state index in [0.717, 1.165) is 4.31 Å². The number of benzene rings is 1. The van der Waals surface area contributed by atoms with Crippen molar-refractivity contribution in [2.75, 3.05) is 11.4 Å². The molecule has 0 saturated heterocycles. The van der Waals surface area contributed by atoms with Gasteiger partial charge >= 0.3 is 0 Å². The van der Waals surface area contributed by atoms with Gasteiger partial charge in [-0.2, -0.15) is 0 Å². The molecule has 0 atom stereocenters. The lowest BCUT2D eigenvalue weighted by molar-refractivity contribution is 0.508. The van der Waals surface area contributed by atoms with Gasteiger partial charge in [-0.1, -0.05) is 35.3 Å². The fourth-order valence-corrected chi connectivity index (χ4v) is 7.50. The summed E-state index contributed by atoms with van der Waals surface area (Å²) in [6.45, 7) is 0. The van der Waals surface area contributed by atoms with Crippen LogP contribution in [0.2, 0.25) is 10.0 Å². The zero-order valence-corrected chi connectivity index (χ0v) is 18.3. The molecule has 2 aliphatic rings. The molecule has 0 radical (unpaired) electrons. The number of aliphatic hydroxyl groups excluding tert-OH is 1. The highest BCUT2D eigenvalue weighted by molar-refractivity contribution is 8.00.